The number of carbonyl (C=O) groups is 1. The lowest BCUT2D eigenvalue weighted by Crippen LogP contribution is -2.34. The van der Waals surface area contributed by atoms with E-state index in [9.17, 15) is 9.90 Å². The van der Waals surface area contributed by atoms with E-state index in [1.165, 1.54) is 38.5 Å². The zero-order valence-electron chi connectivity index (χ0n) is 14.7. The monoisotopic (exact) mass is 300 g/mol. The molecule has 0 aromatic carbocycles. The summed E-state index contributed by atoms with van der Waals surface area (Å²) in [5, 5.41) is 9.87. The molecule has 0 aliphatic rings. The second-order valence-electron chi connectivity index (χ2n) is 6.69. The Morgan fingerprint density at radius 3 is 2.00 bits per heavy atom. The van der Waals surface area contributed by atoms with Crippen molar-refractivity contribution in [3.05, 3.63) is 0 Å². The average Bonchev–Trinajstić information content (AvgIpc) is 2.44. The lowest BCUT2D eigenvalue weighted by Gasteiger charge is -2.23. The summed E-state index contributed by atoms with van der Waals surface area (Å²) < 4.78 is 5.36. The molecule has 0 saturated carbocycles. The van der Waals surface area contributed by atoms with E-state index in [1.54, 1.807) is 6.92 Å². The van der Waals surface area contributed by atoms with Crippen LogP contribution in [0.1, 0.15) is 86.0 Å². The quantitative estimate of drug-likeness (QED) is 0.419. The largest absolute Gasteiger partial charge is 0.460 e. The van der Waals surface area contributed by atoms with Crippen molar-refractivity contribution in [2.24, 2.45) is 11.8 Å². The fourth-order valence-electron chi connectivity index (χ4n) is 2.44. The van der Waals surface area contributed by atoms with Gasteiger partial charge in [-0.3, -0.25) is 4.79 Å². The van der Waals surface area contributed by atoms with Crippen LogP contribution in [0, 0.1) is 11.8 Å². The first-order valence-electron chi connectivity index (χ1n) is 8.78. The Hall–Kier alpha value is -0.570. The number of hydrogen-bond donors (Lipinski definition) is 1. The molecule has 0 heterocycles. The van der Waals surface area contributed by atoms with Gasteiger partial charge in [0.15, 0.2) is 0 Å². The van der Waals surface area contributed by atoms with Crippen molar-refractivity contribution in [2.45, 2.75) is 98.2 Å². The number of rotatable bonds is 12. The van der Waals surface area contributed by atoms with Gasteiger partial charge in [-0.25, -0.2) is 0 Å². The van der Waals surface area contributed by atoms with Crippen molar-refractivity contribution in [2.75, 3.05) is 0 Å². The predicted molar refractivity (Wildman–Crippen MR) is 88.2 cm³/mol. The molecule has 1 N–H and O–H groups in total. The molecule has 3 heteroatoms. The maximum atomic E-state index is 12.0. The van der Waals surface area contributed by atoms with Gasteiger partial charge in [-0.1, -0.05) is 72.6 Å². The summed E-state index contributed by atoms with van der Waals surface area (Å²) in [5.41, 5.74) is 0. The van der Waals surface area contributed by atoms with Crippen LogP contribution >= 0.6 is 0 Å². The summed E-state index contributed by atoms with van der Waals surface area (Å²) in [6, 6.07) is 0. The third-order valence-corrected chi connectivity index (χ3v) is 4.11. The summed E-state index contributed by atoms with van der Waals surface area (Å²) in [5.74, 6) is -0.137. The normalized spacial score (nSPS) is 15.8. The number of aliphatic hydroxyl groups is 1. The summed E-state index contributed by atoms with van der Waals surface area (Å²) in [6.45, 7) is 9.77. The molecule has 0 rings (SSSR count). The minimum Gasteiger partial charge on any atom is -0.460 e. The molecule has 0 aromatic heterocycles. The molecule has 3 unspecified atom stereocenters. The van der Waals surface area contributed by atoms with Gasteiger partial charge in [0, 0.05) is 0 Å². The van der Waals surface area contributed by atoms with Crippen LogP contribution in [0.25, 0.3) is 0 Å². The molecule has 0 saturated heterocycles. The predicted octanol–water partition coefficient (Wildman–Crippen LogP) is 4.71. The van der Waals surface area contributed by atoms with Crippen LogP contribution in [0.4, 0.5) is 0 Å². The van der Waals surface area contributed by atoms with Crippen LogP contribution in [-0.2, 0) is 9.53 Å². The van der Waals surface area contributed by atoms with Gasteiger partial charge in [0.25, 0.3) is 0 Å². The second kappa shape index (κ2) is 12.0. The van der Waals surface area contributed by atoms with E-state index in [4.69, 9.17) is 4.74 Å². The number of unbranched alkanes of at least 4 members (excludes halogenated alkanes) is 6. The standard InChI is InChI=1S/C18H36O3/c1-6-7-8-9-10-11-12-13-15(4)18(20)21-16(5)17(19)14(2)3/h14-17,19H,6-13H2,1-5H3. The van der Waals surface area contributed by atoms with Crippen molar-refractivity contribution >= 4 is 5.97 Å². The first-order chi connectivity index (χ1) is 9.90. The Labute approximate surface area is 131 Å². The fraction of sp³-hybridized carbons (Fsp3) is 0.944. The molecule has 3 atom stereocenters. The zero-order chi connectivity index (χ0) is 16.3. The van der Waals surface area contributed by atoms with Crippen LogP contribution in [0.5, 0.6) is 0 Å². The number of hydrogen-bond acceptors (Lipinski definition) is 3. The van der Waals surface area contributed by atoms with Gasteiger partial charge in [0.05, 0.1) is 12.0 Å². The second-order valence-corrected chi connectivity index (χ2v) is 6.69. The van der Waals surface area contributed by atoms with Gasteiger partial charge >= 0.3 is 5.97 Å². The van der Waals surface area contributed by atoms with Crippen molar-refractivity contribution in [1.29, 1.82) is 0 Å². The summed E-state index contributed by atoms with van der Waals surface area (Å²) in [4.78, 5) is 12.0. The third kappa shape index (κ3) is 9.89. The molecule has 0 aliphatic carbocycles. The van der Waals surface area contributed by atoms with Crippen molar-refractivity contribution in [3.8, 4) is 0 Å². The Balaban J connectivity index is 3.75. The Morgan fingerprint density at radius 1 is 0.952 bits per heavy atom. The highest BCUT2D eigenvalue weighted by Gasteiger charge is 2.23. The SMILES string of the molecule is CCCCCCCCCC(C)C(=O)OC(C)C(O)C(C)C. The van der Waals surface area contributed by atoms with Gasteiger partial charge in [-0.05, 0) is 19.3 Å². The minimum atomic E-state index is -0.584. The number of ether oxygens (including phenoxy) is 1. The summed E-state index contributed by atoms with van der Waals surface area (Å²) >= 11 is 0. The van der Waals surface area contributed by atoms with Crippen molar-refractivity contribution in [3.63, 3.8) is 0 Å². The Morgan fingerprint density at radius 2 is 1.48 bits per heavy atom. The molecule has 0 aliphatic heterocycles. The molecule has 21 heavy (non-hydrogen) atoms. The summed E-state index contributed by atoms with van der Waals surface area (Å²) in [6.07, 6.45) is 8.69. The number of aliphatic hydroxyl groups excluding tert-OH is 1. The van der Waals surface area contributed by atoms with E-state index in [-0.39, 0.29) is 17.8 Å². The zero-order valence-corrected chi connectivity index (χ0v) is 14.7. The molecule has 0 spiro atoms. The van der Waals surface area contributed by atoms with Gasteiger partial charge in [0.1, 0.15) is 6.10 Å². The van der Waals surface area contributed by atoms with E-state index < -0.39 is 12.2 Å². The Bertz CT molecular complexity index is 263. The maximum Gasteiger partial charge on any atom is 0.309 e. The van der Waals surface area contributed by atoms with Gasteiger partial charge in [-0.15, -0.1) is 0 Å². The van der Waals surface area contributed by atoms with Crippen molar-refractivity contribution < 1.29 is 14.6 Å². The van der Waals surface area contributed by atoms with Crippen LogP contribution in [0.3, 0.4) is 0 Å². The lowest BCUT2D eigenvalue weighted by atomic mass is 10.0. The number of carbonyl (C=O) groups excluding carboxylic acids is 1. The molecular formula is C18H36O3. The van der Waals surface area contributed by atoms with Crippen LogP contribution in [-0.4, -0.2) is 23.3 Å². The molecule has 0 amide bonds. The molecule has 0 bridgehead atoms. The Kier molecular flexibility index (Phi) is 11.7. The van der Waals surface area contributed by atoms with E-state index >= 15 is 0 Å². The first kappa shape index (κ1) is 20.4. The first-order valence-corrected chi connectivity index (χ1v) is 8.78. The van der Waals surface area contributed by atoms with Crippen molar-refractivity contribution in [1.82, 2.24) is 0 Å². The van der Waals surface area contributed by atoms with E-state index in [2.05, 4.69) is 6.92 Å². The van der Waals surface area contributed by atoms with Gasteiger partial charge in [-0.2, -0.15) is 0 Å². The third-order valence-electron chi connectivity index (χ3n) is 4.11. The highest BCUT2D eigenvalue weighted by molar-refractivity contribution is 5.72. The van der Waals surface area contributed by atoms with Gasteiger partial charge in [0.2, 0.25) is 0 Å². The van der Waals surface area contributed by atoms with Crippen LogP contribution in [0.15, 0.2) is 0 Å². The maximum absolute atomic E-state index is 12.0. The average molecular weight is 300 g/mol. The highest BCUT2D eigenvalue weighted by atomic mass is 16.6. The van der Waals surface area contributed by atoms with Gasteiger partial charge < -0.3 is 9.84 Å². The fourth-order valence-corrected chi connectivity index (χ4v) is 2.44. The van der Waals surface area contributed by atoms with E-state index in [0.717, 1.165) is 12.8 Å². The molecule has 0 radical (unpaired) electrons. The number of esters is 1. The topological polar surface area (TPSA) is 46.5 Å². The highest BCUT2D eigenvalue weighted by Crippen LogP contribution is 2.16. The molecule has 0 aromatic rings. The molecule has 0 fully saturated rings. The minimum absolute atomic E-state index is 0.0672. The molecule has 126 valence electrons. The smallest absolute Gasteiger partial charge is 0.309 e. The molecular weight excluding hydrogens is 264 g/mol. The summed E-state index contributed by atoms with van der Waals surface area (Å²) in [7, 11) is 0. The van der Waals surface area contributed by atoms with Crippen LogP contribution < -0.4 is 0 Å². The van der Waals surface area contributed by atoms with E-state index in [1.807, 2.05) is 20.8 Å². The van der Waals surface area contributed by atoms with Crippen LogP contribution in [0.2, 0.25) is 0 Å². The van der Waals surface area contributed by atoms with E-state index in [0.29, 0.717) is 0 Å². The lowest BCUT2D eigenvalue weighted by molar-refractivity contribution is -0.159. The molecule has 3 nitrogen and oxygen atoms in total.